The highest BCUT2D eigenvalue weighted by atomic mass is 35.5. The lowest BCUT2D eigenvalue weighted by atomic mass is 9.83. The first kappa shape index (κ1) is 27.8. The molecule has 1 aliphatic carbocycles. The number of nitrogens with one attached hydrogen (secondary N) is 2. The van der Waals surface area contributed by atoms with Crippen molar-refractivity contribution in [1.29, 1.82) is 5.41 Å². The van der Waals surface area contributed by atoms with Crippen LogP contribution in [0.25, 0.3) is 5.57 Å². The molecule has 2 unspecified atom stereocenters. The Morgan fingerprint density at radius 1 is 1.32 bits per heavy atom. The second kappa shape index (κ2) is 11.3. The van der Waals surface area contributed by atoms with Gasteiger partial charge >= 0.3 is 6.18 Å². The van der Waals surface area contributed by atoms with Gasteiger partial charge in [0.15, 0.2) is 11.5 Å². The molecule has 11 heteroatoms. The molecule has 0 amide bonds. The summed E-state index contributed by atoms with van der Waals surface area (Å²) in [6, 6.07) is 4.84. The maximum absolute atomic E-state index is 13.5. The molecule has 1 aliphatic heterocycles. The van der Waals surface area contributed by atoms with Gasteiger partial charge < -0.3 is 10.4 Å². The second-order valence-corrected chi connectivity index (χ2v) is 10.6. The van der Waals surface area contributed by atoms with E-state index in [2.05, 4.69) is 33.2 Å². The van der Waals surface area contributed by atoms with Crippen LogP contribution in [-0.2, 0) is 0 Å². The van der Waals surface area contributed by atoms with Gasteiger partial charge in [-0.05, 0) is 68.3 Å². The minimum Gasteiger partial charge on any atom is -0.395 e. The van der Waals surface area contributed by atoms with E-state index in [1.54, 1.807) is 25.1 Å². The lowest BCUT2D eigenvalue weighted by molar-refractivity contribution is -0.0589. The van der Waals surface area contributed by atoms with Crippen molar-refractivity contribution in [3.05, 3.63) is 57.5 Å². The number of aliphatic hydroxyl groups is 1. The molecule has 1 aromatic carbocycles. The summed E-state index contributed by atoms with van der Waals surface area (Å²) in [5.41, 5.74) is -0.139. The lowest BCUT2D eigenvalue weighted by Crippen LogP contribution is -2.45. The van der Waals surface area contributed by atoms with E-state index in [1.807, 2.05) is 0 Å². The molecule has 6 nitrogen and oxygen atoms in total. The Hall–Kier alpha value is -2.20. The van der Waals surface area contributed by atoms with Crippen LogP contribution < -0.4 is 5.32 Å². The van der Waals surface area contributed by atoms with Crippen molar-refractivity contribution in [3.8, 4) is 0 Å². The molecule has 0 radical (unpaired) electrons. The van der Waals surface area contributed by atoms with Crippen molar-refractivity contribution in [3.63, 3.8) is 0 Å². The van der Waals surface area contributed by atoms with E-state index in [4.69, 9.17) is 28.6 Å². The number of alkyl halides is 3. The molecule has 1 saturated heterocycles. The Labute approximate surface area is 224 Å². The summed E-state index contributed by atoms with van der Waals surface area (Å²) in [7, 11) is 0. The number of aromatic nitrogens is 2. The van der Waals surface area contributed by atoms with Gasteiger partial charge in [0, 0.05) is 22.1 Å². The van der Waals surface area contributed by atoms with Gasteiger partial charge in [0.1, 0.15) is 5.69 Å². The highest BCUT2D eigenvalue weighted by Gasteiger charge is 2.39. The topological polar surface area (TPSA) is 85.1 Å². The molecule has 200 valence electrons. The van der Waals surface area contributed by atoms with Crippen LogP contribution in [0, 0.1) is 11.3 Å². The third-order valence-corrected chi connectivity index (χ3v) is 7.83. The van der Waals surface area contributed by atoms with Crippen molar-refractivity contribution < 1.29 is 18.3 Å². The first-order valence-corrected chi connectivity index (χ1v) is 13.1. The molecule has 3 N–H and O–H groups in total. The zero-order valence-electron chi connectivity index (χ0n) is 20.6. The number of anilines is 1. The van der Waals surface area contributed by atoms with Gasteiger partial charge in [-0.15, -0.1) is 0 Å². The standard InChI is InChI=1S/C26H30Cl2F3N5O/c1-14-10-16(5-8-22(14)36-9-3-4-18(36)13-37)21-12-33-23(24(32)26(29,30)31)25(35-21)34-15(2)19-7-6-17(27)11-20(19)28/h5-7,11-12,14-15,18,22,32,37H,3-4,8-10,13H2,1-2H3,(H,34,35)/t14?,15-,18+,22?/m1/s1. The Kier molecular flexibility index (Phi) is 8.48. The molecule has 2 aliphatic rings. The summed E-state index contributed by atoms with van der Waals surface area (Å²) in [6.45, 7) is 4.99. The maximum atomic E-state index is 13.5. The van der Waals surface area contributed by atoms with E-state index in [1.165, 1.54) is 6.20 Å². The summed E-state index contributed by atoms with van der Waals surface area (Å²) >= 11 is 12.3. The third-order valence-electron chi connectivity index (χ3n) is 7.27. The van der Waals surface area contributed by atoms with E-state index >= 15 is 0 Å². The van der Waals surface area contributed by atoms with Gasteiger partial charge in [-0.3, -0.25) is 10.3 Å². The monoisotopic (exact) mass is 555 g/mol. The average molecular weight is 556 g/mol. The molecule has 2 heterocycles. The van der Waals surface area contributed by atoms with Gasteiger partial charge in [-0.1, -0.05) is 42.3 Å². The second-order valence-electron chi connectivity index (χ2n) is 9.79. The molecule has 1 aromatic heterocycles. The predicted molar refractivity (Wildman–Crippen MR) is 140 cm³/mol. The third kappa shape index (κ3) is 6.11. The molecule has 0 saturated carbocycles. The number of benzene rings is 1. The Morgan fingerprint density at radius 2 is 2.08 bits per heavy atom. The van der Waals surface area contributed by atoms with Crippen molar-refractivity contribution >= 4 is 40.3 Å². The minimum atomic E-state index is -4.88. The number of nitrogens with zero attached hydrogens (tertiary/aromatic N) is 3. The van der Waals surface area contributed by atoms with E-state index in [9.17, 15) is 18.3 Å². The lowest BCUT2D eigenvalue weighted by Gasteiger charge is -2.38. The summed E-state index contributed by atoms with van der Waals surface area (Å²) in [5, 5.41) is 21.2. The first-order valence-electron chi connectivity index (χ1n) is 12.3. The van der Waals surface area contributed by atoms with Crippen molar-refractivity contribution in [2.24, 2.45) is 5.92 Å². The first-order chi connectivity index (χ1) is 17.5. The highest BCUT2D eigenvalue weighted by molar-refractivity contribution is 6.35. The Balaban J connectivity index is 1.64. The zero-order valence-corrected chi connectivity index (χ0v) is 22.1. The van der Waals surface area contributed by atoms with Gasteiger partial charge in [-0.2, -0.15) is 13.2 Å². The van der Waals surface area contributed by atoms with Crippen LogP contribution in [0.2, 0.25) is 10.0 Å². The Bertz CT molecular complexity index is 1190. The number of allylic oxidation sites excluding steroid dienone is 1. The highest BCUT2D eigenvalue weighted by Crippen LogP contribution is 2.37. The summed E-state index contributed by atoms with van der Waals surface area (Å²) in [4.78, 5) is 10.9. The van der Waals surface area contributed by atoms with Crippen molar-refractivity contribution in [2.75, 3.05) is 18.5 Å². The zero-order chi connectivity index (χ0) is 26.9. The fourth-order valence-corrected chi connectivity index (χ4v) is 5.89. The molecule has 1 fully saturated rings. The fourth-order valence-electron chi connectivity index (χ4n) is 5.32. The number of hydrogen-bond acceptors (Lipinski definition) is 6. The van der Waals surface area contributed by atoms with E-state index < -0.39 is 23.6 Å². The van der Waals surface area contributed by atoms with Crippen LogP contribution in [0.1, 0.15) is 62.5 Å². The average Bonchev–Trinajstić information content (AvgIpc) is 3.31. The molecule has 4 rings (SSSR count). The van der Waals surface area contributed by atoms with Crippen LogP contribution in [0.3, 0.4) is 0 Å². The van der Waals surface area contributed by atoms with E-state index in [-0.39, 0.29) is 24.4 Å². The molecular weight excluding hydrogens is 526 g/mol. The van der Waals surface area contributed by atoms with Gasteiger partial charge in [0.25, 0.3) is 0 Å². The largest absolute Gasteiger partial charge is 0.434 e. The molecule has 0 spiro atoms. The number of hydrogen-bond donors (Lipinski definition) is 3. The van der Waals surface area contributed by atoms with Crippen molar-refractivity contribution in [1.82, 2.24) is 14.9 Å². The van der Waals surface area contributed by atoms with Crippen molar-refractivity contribution in [2.45, 2.75) is 63.8 Å². The molecule has 4 atom stereocenters. The fraction of sp³-hybridized carbons (Fsp3) is 0.500. The van der Waals surface area contributed by atoms with Crippen LogP contribution in [0.5, 0.6) is 0 Å². The Morgan fingerprint density at radius 3 is 2.73 bits per heavy atom. The number of halogens is 5. The normalized spacial score (nSPS) is 23.6. The maximum Gasteiger partial charge on any atom is 0.434 e. The van der Waals surface area contributed by atoms with Gasteiger partial charge in [0.2, 0.25) is 0 Å². The van der Waals surface area contributed by atoms with Crippen LogP contribution in [-0.4, -0.2) is 57.1 Å². The quantitative estimate of drug-likeness (QED) is 0.338. The van der Waals surface area contributed by atoms with Crippen LogP contribution in [0.4, 0.5) is 19.0 Å². The molecular formula is C26H30Cl2F3N5O. The SMILES string of the molecule is CC1CC(c2cnc(C(=N)C(F)(F)F)c(N[C@H](C)c3ccc(Cl)cc3Cl)n2)=CCC1N1CCC[C@H]1CO. The predicted octanol–water partition coefficient (Wildman–Crippen LogP) is 6.53. The molecule has 0 bridgehead atoms. The number of rotatable bonds is 7. The molecule has 2 aromatic rings. The van der Waals surface area contributed by atoms with Crippen LogP contribution >= 0.6 is 23.2 Å². The van der Waals surface area contributed by atoms with Crippen LogP contribution in [0.15, 0.2) is 30.5 Å². The number of likely N-dealkylation sites (tertiary alicyclic amines) is 1. The van der Waals surface area contributed by atoms with Gasteiger partial charge in [-0.25, -0.2) is 9.97 Å². The summed E-state index contributed by atoms with van der Waals surface area (Å²) < 4.78 is 40.4. The molecule has 37 heavy (non-hydrogen) atoms. The smallest absolute Gasteiger partial charge is 0.395 e. The van der Waals surface area contributed by atoms with Gasteiger partial charge in [0.05, 0.1) is 24.5 Å². The summed E-state index contributed by atoms with van der Waals surface area (Å²) in [5.74, 6) is 0.138. The summed E-state index contributed by atoms with van der Waals surface area (Å²) in [6.07, 6.45) is 1.99. The van der Waals surface area contributed by atoms with E-state index in [0.29, 0.717) is 33.8 Å². The minimum absolute atomic E-state index is 0.131. The number of aliphatic hydroxyl groups excluding tert-OH is 1. The van der Waals surface area contributed by atoms with E-state index in [0.717, 1.165) is 31.4 Å².